The van der Waals surface area contributed by atoms with Crippen LogP contribution in [0.15, 0.2) is 0 Å². The summed E-state index contributed by atoms with van der Waals surface area (Å²) < 4.78 is 68.7. The molecule has 2 heteroatoms. The Labute approximate surface area is 59.6 Å². The van der Waals surface area contributed by atoms with Crippen molar-refractivity contribution in [2.45, 2.75) is 13.7 Å². The van der Waals surface area contributed by atoms with E-state index in [4.69, 9.17) is 13.7 Å². The van der Waals surface area contributed by atoms with Crippen molar-refractivity contribution in [1.29, 1.82) is 0 Å². The van der Waals surface area contributed by atoms with Gasteiger partial charge < -0.3 is 5.32 Å². The Balaban J connectivity index is 0. The summed E-state index contributed by atoms with van der Waals surface area (Å²) >= 11 is 0. The number of rotatable bonds is 2. The van der Waals surface area contributed by atoms with Crippen LogP contribution < -0.4 is 5.32 Å². The third-order valence-electron chi connectivity index (χ3n) is 0.125. The van der Waals surface area contributed by atoms with E-state index in [0.717, 1.165) is 0 Å². The van der Waals surface area contributed by atoms with Gasteiger partial charge in [0.25, 0.3) is 0 Å². The van der Waals surface area contributed by atoms with Gasteiger partial charge in [0.2, 0.25) is 0 Å². The lowest BCUT2D eigenvalue weighted by Crippen LogP contribution is -2.09. The lowest BCUT2D eigenvalue weighted by atomic mass is 10.7. The summed E-state index contributed by atoms with van der Waals surface area (Å²) in [7, 11) is 0. The van der Waals surface area contributed by atoms with Crippen molar-refractivity contribution >= 4 is 12.4 Å². The van der Waals surface area contributed by atoms with Gasteiger partial charge in [-0.1, -0.05) is 13.7 Å². The molecule has 0 aliphatic carbocycles. The quantitative estimate of drug-likeness (QED) is 0.573. The normalized spacial score (nSPS) is 40.7. The fourth-order valence-corrected chi connectivity index (χ4v) is 0.0312. The minimum atomic E-state index is -3.15. The molecule has 1 nitrogen and oxygen atoms in total. The van der Waals surface area contributed by atoms with Crippen molar-refractivity contribution < 1.29 is 13.7 Å². The molecular formula is C4H12ClN. The molecule has 0 aliphatic rings. The van der Waals surface area contributed by atoms with E-state index in [9.17, 15) is 0 Å². The second-order valence-corrected chi connectivity index (χ2v) is 0.375. The van der Waals surface area contributed by atoms with Crippen molar-refractivity contribution in [1.82, 2.24) is 5.32 Å². The molecule has 0 atom stereocenters. The van der Waals surface area contributed by atoms with Gasteiger partial charge in [0.15, 0.2) is 0 Å². The Bertz CT molecular complexity index is 204. The first-order valence-electron chi connectivity index (χ1n) is 6.00. The minimum Gasteiger partial charge on any atom is -0.317 e. The second kappa shape index (κ2) is 8.98. The standard InChI is InChI=1S/C4H11N.ClH/c1-3-5-4-2;/h5H,3-4H2,1-2H3;1H/i1D3,2D3,3D2,4D2;. The molecule has 0 aromatic carbocycles. The van der Waals surface area contributed by atoms with Crippen LogP contribution in [0, 0.1) is 0 Å². The molecule has 1 N–H and O–H groups in total. The zero-order valence-corrected chi connectivity index (χ0v) is 3.72. The van der Waals surface area contributed by atoms with Crippen molar-refractivity contribution in [3.8, 4) is 0 Å². The molecule has 0 fully saturated rings. The summed E-state index contributed by atoms with van der Waals surface area (Å²) in [5, 5.41) is 1.35. The molecule has 0 unspecified atom stereocenters. The summed E-state index contributed by atoms with van der Waals surface area (Å²) in [6.07, 6.45) is 0. The first kappa shape index (κ1) is 0.848. The van der Waals surface area contributed by atoms with E-state index >= 15 is 0 Å². The van der Waals surface area contributed by atoms with Crippen LogP contribution in [-0.4, -0.2) is 13.0 Å². The maximum Gasteiger partial charge on any atom is 0.0425 e. The van der Waals surface area contributed by atoms with E-state index in [1.165, 1.54) is 5.32 Å². The van der Waals surface area contributed by atoms with Crippen LogP contribution in [0.3, 0.4) is 0 Å². The highest BCUT2D eigenvalue weighted by atomic mass is 35.5. The van der Waals surface area contributed by atoms with Crippen molar-refractivity contribution in [3.05, 3.63) is 0 Å². The molecule has 0 rings (SSSR count). The first-order valence-corrected chi connectivity index (χ1v) is 1.00. The van der Waals surface area contributed by atoms with Crippen LogP contribution in [0.1, 0.15) is 27.4 Å². The van der Waals surface area contributed by atoms with Gasteiger partial charge in [-0.25, -0.2) is 0 Å². The summed E-state index contributed by atoms with van der Waals surface area (Å²) in [5.74, 6) is 0. The Morgan fingerprint density at radius 3 is 2.50 bits per heavy atom. The Morgan fingerprint density at radius 2 is 2.17 bits per heavy atom. The predicted molar refractivity (Wildman–Crippen MR) is 31.5 cm³/mol. The SMILES string of the molecule is Cl.[2H]C([2H])([2H])C([2H])([2H])NC([2H])([2H])C([2H])([2H])[2H]. The molecule has 0 amide bonds. The van der Waals surface area contributed by atoms with Gasteiger partial charge in [-0.05, 0) is 13.0 Å². The highest BCUT2D eigenvalue weighted by Gasteiger charge is 1.62. The first-order chi connectivity index (χ1) is 6.21. The van der Waals surface area contributed by atoms with Gasteiger partial charge in [-0.15, -0.1) is 12.4 Å². The molecule has 0 aliphatic heterocycles. The zero-order valence-electron chi connectivity index (χ0n) is 12.9. The molecule has 0 aromatic heterocycles. The molecule has 6 heavy (non-hydrogen) atoms. The maximum atomic E-state index is 7.02. The Hall–Kier alpha value is 0.250. The van der Waals surface area contributed by atoms with Crippen LogP contribution in [0.25, 0.3) is 0 Å². The monoisotopic (exact) mass is 119 g/mol. The lowest BCUT2D eigenvalue weighted by Gasteiger charge is -1.86. The van der Waals surface area contributed by atoms with Crippen molar-refractivity contribution in [2.75, 3.05) is 13.0 Å². The van der Waals surface area contributed by atoms with Gasteiger partial charge >= 0.3 is 0 Å². The average molecular weight is 120 g/mol. The Morgan fingerprint density at radius 1 is 1.67 bits per heavy atom. The molecule has 0 saturated heterocycles. The molecule has 0 bridgehead atoms. The van der Waals surface area contributed by atoms with Crippen LogP contribution >= 0.6 is 12.4 Å². The molecule has 0 saturated carbocycles. The minimum absolute atomic E-state index is 0. The molecular weight excluding hydrogens is 97.5 g/mol. The van der Waals surface area contributed by atoms with E-state index in [1.807, 2.05) is 0 Å². The summed E-state index contributed by atoms with van der Waals surface area (Å²) in [6.45, 7) is -12.5. The Kier molecular flexibility index (Phi) is 1.27. The third kappa shape index (κ3) is 8.87. The van der Waals surface area contributed by atoms with E-state index < -0.39 is 26.7 Å². The molecule has 0 radical (unpaired) electrons. The maximum absolute atomic E-state index is 7.02. The highest BCUT2D eigenvalue weighted by molar-refractivity contribution is 5.85. The molecule has 40 valence electrons. The summed E-state index contributed by atoms with van der Waals surface area (Å²) in [4.78, 5) is 0. The van der Waals surface area contributed by atoms with E-state index in [2.05, 4.69) is 0 Å². The van der Waals surface area contributed by atoms with Gasteiger partial charge in [-0.2, -0.15) is 0 Å². The van der Waals surface area contributed by atoms with E-state index in [0.29, 0.717) is 0 Å². The van der Waals surface area contributed by atoms with E-state index in [-0.39, 0.29) is 12.4 Å². The zero-order chi connectivity index (χ0) is 12.7. The van der Waals surface area contributed by atoms with Crippen LogP contribution in [0.5, 0.6) is 0 Å². The summed E-state index contributed by atoms with van der Waals surface area (Å²) in [5.41, 5.74) is 0. The molecule has 0 spiro atoms. The topological polar surface area (TPSA) is 12.0 Å². The smallest absolute Gasteiger partial charge is 0.0425 e. The van der Waals surface area contributed by atoms with Crippen LogP contribution in [0.2, 0.25) is 0 Å². The van der Waals surface area contributed by atoms with Crippen molar-refractivity contribution in [3.63, 3.8) is 0 Å². The predicted octanol–water partition coefficient (Wildman–Crippen LogP) is 1.04. The number of halogens is 1. The lowest BCUT2D eigenvalue weighted by molar-refractivity contribution is 0.762. The number of hydrogen-bond donors (Lipinski definition) is 1. The van der Waals surface area contributed by atoms with Crippen LogP contribution in [-0.2, 0) is 0 Å². The van der Waals surface area contributed by atoms with Crippen LogP contribution in [0.4, 0.5) is 0 Å². The number of hydrogen-bond acceptors (Lipinski definition) is 1. The van der Waals surface area contributed by atoms with Gasteiger partial charge in [0.05, 0.1) is 0 Å². The fraction of sp³-hybridized carbons (Fsp3) is 1.00. The van der Waals surface area contributed by atoms with Gasteiger partial charge in [0, 0.05) is 13.7 Å². The second-order valence-electron chi connectivity index (χ2n) is 0.375. The van der Waals surface area contributed by atoms with Gasteiger partial charge in [-0.3, -0.25) is 0 Å². The molecule has 0 heterocycles. The van der Waals surface area contributed by atoms with E-state index in [1.54, 1.807) is 0 Å². The fourth-order valence-electron chi connectivity index (χ4n) is 0.0312. The average Bonchev–Trinajstić information content (AvgIpc) is 1.77. The highest BCUT2D eigenvalue weighted by Crippen LogP contribution is 1.47. The number of nitrogens with one attached hydrogen (secondary N) is 1. The van der Waals surface area contributed by atoms with Gasteiger partial charge in [0.1, 0.15) is 0 Å². The van der Waals surface area contributed by atoms with Crippen molar-refractivity contribution in [2.24, 2.45) is 0 Å². The largest absolute Gasteiger partial charge is 0.317 e. The third-order valence-corrected chi connectivity index (χ3v) is 0.125. The molecule has 0 aromatic rings. The summed E-state index contributed by atoms with van der Waals surface area (Å²) in [6, 6.07) is 0.